The van der Waals surface area contributed by atoms with Crippen molar-refractivity contribution in [1.29, 1.82) is 0 Å². The van der Waals surface area contributed by atoms with Gasteiger partial charge in [-0.15, -0.1) is 0 Å². The average Bonchev–Trinajstić information content (AvgIpc) is 2.40. The number of hydrogen-bond donors (Lipinski definition) is 1. The van der Waals surface area contributed by atoms with E-state index < -0.39 is 25.3 Å². The maximum absolute atomic E-state index is 12.2. The molecule has 0 saturated carbocycles. The average molecular weight is 323 g/mol. The zero-order valence-corrected chi connectivity index (χ0v) is 13.6. The molecule has 21 heavy (non-hydrogen) atoms. The summed E-state index contributed by atoms with van der Waals surface area (Å²) in [6.45, 7) is 6.90. The predicted molar refractivity (Wildman–Crippen MR) is 75.3 cm³/mol. The van der Waals surface area contributed by atoms with Gasteiger partial charge in [-0.2, -0.15) is 0 Å². The zero-order valence-electron chi connectivity index (χ0n) is 12.7. The summed E-state index contributed by atoms with van der Waals surface area (Å²) in [4.78, 5) is 23.4. The topological polar surface area (TPSA) is 100 Å². The first-order valence-corrected chi connectivity index (χ1v) is 8.19. The van der Waals surface area contributed by atoms with E-state index in [0.717, 1.165) is 6.20 Å². The van der Waals surface area contributed by atoms with Crippen LogP contribution in [0.2, 0.25) is 0 Å². The molecule has 0 aromatic heterocycles. The number of carbonyl (C=O) groups is 2. The van der Waals surface area contributed by atoms with Crippen molar-refractivity contribution >= 4 is 19.7 Å². The Labute approximate surface area is 124 Å². The van der Waals surface area contributed by atoms with Gasteiger partial charge < -0.3 is 9.47 Å². The van der Waals surface area contributed by atoms with Crippen molar-refractivity contribution in [3.63, 3.8) is 0 Å². The van der Waals surface area contributed by atoms with Crippen LogP contribution in [-0.4, -0.2) is 38.4 Å². The lowest BCUT2D eigenvalue weighted by atomic mass is 10.3. The van der Waals surface area contributed by atoms with Crippen molar-refractivity contribution in [2.75, 3.05) is 26.4 Å². The Morgan fingerprint density at radius 1 is 0.905 bits per heavy atom. The van der Waals surface area contributed by atoms with Crippen molar-refractivity contribution in [2.24, 2.45) is 0 Å². The number of hydrogen-bond acceptors (Lipinski definition) is 7. The summed E-state index contributed by atoms with van der Waals surface area (Å²) in [5.74, 6) is -1.77. The fraction of sp³-hybridized carbons (Fsp3) is 0.667. The Hall–Kier alpha value is -1.37. The first-order valence-electron chi connectivity index (χ1n) is 6.65. The third-order valence-corrected chi connectivity index (χ3v) is 3.60. The minimum atomic E-state index is -3.63. The van der Waals surface area contributed by atoms with E-state index in [9.17, 15) is 14.2 Å². The van der Waals surface area contributed by atoms with Crippen molar-refractivity contribution in [3.8, 4) is 0 Å². The van der Waals surface area contributed by atoms with Gasteiger partial charge in [0.1, 0.15) is 0 Å². The van der Waals surface area contributed by atoms with E-state index in [1.807, 2.05) is 0 Å². The SMILES string of the molecule is CCOC(=O)C(=CNP(=O)(OCC)OCC)C(=O)OCC. The Morgan fingerprint density at radius 3 is 1.67 bits per heavy atom. The molecule has 0 radical (unpaired) electrons. The van der Waals surface area contributed by atoms with Crippen LogP contribution in [0.4, 0.5) is 0 Å². The van der Waals surface area contributed by atoms with Crippen LogP contribution in [0.3, 0.4) is 0 Å². The quantitative estimate of drug-likeness (QED) is 0.213. The summed E-state index contributed by atoms with van der Waals surface area (Å²) in [6, 6.07) is 0. The van der Waals surface area contributed by atoms with Crippen LogP contribution in [0, 0.1) is 0 Å². The van der Waals surface area contributed by atoms with Gasteiger partial charge in [-0.3, -0.25) is 14.1 Å². The lowest BCUT2D eigenvalue weighted by Gasteiger charge is -2.16. The zero-order chi connectivity index (χ0) is 16.3. The largest absolute Gasteiger partial charge is 0.462 e. The van der Waals surface area contributed by atoms with E-state index in [-0.39, 0.29) is 26.4 Å². The molecule has 0 atom stereocenters. The fourth-order valence-corrected chi connectivity index (χ4v) is 2.40. The smallest absolute Gasteiger partial charge is 0.432 e. The molecule has 1 N–H and O–H groups in total. The van der Waals surface area contributed by atoms with Crippen LogP contribution in [-0.2, 0) is 32.7 Å². The van der Waals surface area contributed by atoms with Gasteiger partial charge >= 0.3 is 19.7 Å². The monoisotopic (exact) mass is 323 g/mol. The van der Waals surface area contributed by atoms with Gasteiger partial charge in [-0.25, -0.2) is 14.2 Å². The Kier molecular flexibility index (Phi) is 9.69. The van der Waals surface area contributed by atoms with Crippen molar-refractivity contribution in [3.05, 3.63) is 11.8 Å². The van der Waals surface area contributed by atoms with Gasteiger partial charge in [0.05, 0.1) is 26.4 Å². The maximum Gasteiger partial charge on any atom is 0.432 e. The minimum Gasteiger partial charge on any atom is -0.462 e. The Balaban J connectivity index is 5.17. The minimum absolute atomic E-state index is 0.0875. The van der Waals surface area contributed by atoms with Crippen LogP contribution >= 0.6 is 7.75 Å². The van der Waals surface area contributed by atoms with E-state index in [2.05, 4.69) is 5.09 Å². The van der Waals surface area contributed by atoms with Gasteiger partial charge in [-0.1, -0.05) is 0 Å². The third-order valence-electron chi connectivity index (χ3n) is 1.96. The normalized spacial score (nSPS) is 10.7. The highest BCUT2D eigenvalue weighted by molar-refractivity contribution is 7.51. The van der Waals surface area contributed by atoms with Gasteiger partial charge in [0.25, 0.3) is 0 Å². The molecule has 0 aliphatic carbocycles. The van der Waals surface area contributed by atoms with Crippen LogP contribution in [0.5, 0.6) is 0 Å². The highest BCUT2D eigenvalue weighted by Gasteiger charge is 2.26. The molecule has 0 saturated heterocycles. The van der Waals surface area contributed by atoms with E-state index in [0.29, 0.717) is 0 Å². The first-order chi connectivity index (χ1) is 9.94. The lowest BCUT2D eigenvalue weighted by molar-refractivity contribution is -0.146. The molecule has 0 aromatic rings. The number of carbonyl (C=O) groups excluding carboxylic acids is 2. The molecule has 122 valence electrons. The summed E-state index contributed by atoms with van der Waals surface area (Å²) in [7, 11) is -3.63. The fourth-order valence-electron chi connectivity index (χ4n) is 1.21. The number of ether oxygens (including phenoxy) is 2. The highest BCUT2D eigenvalue weighted by Crippen LogP contribution is 2.43. The van der Waals surface area contributed by atoms with Gasteiger partial charge in [0.2, 0.25) is 0 Å². The molecule has 0 rings (SSSR count). The molecule has 0 fully saturated rings. The molecule has 0 unspecified atom stereocenters. The Morgan fingerprint density at radius 2 is 1.33 bits per heavy atom. The predicted octanol–water partition coefficient (Wildman–Crippen LogP) is 1.77. The molecule has 0 aliphatic rings. The van der Waals surface area contributed by atoms with Crippen LogP contribution in [0.15, 0.2) is 11.8 Å². The highest BCUT2D eigenvalue weighted by atomic mass is 31.2. The molecule has 0 heterocycles. The molecule has 0 aliphatic heterocycles. The molecule has 9 heteroatoms. The van der Waals surface area contributed by atoms with E-state index in [1.54, 1.807) is 27.7 Å². The first kappa shape index (κ1) is 19.6. The summed E-state index contributed by atoms with van der Waals surface area (Å²) in [6.07, 6.45) is 0.933. The molecular formula is C12H22NO7P. The standard InChI is InChI=1S/C12H22NO7P/c1-5-17-11(14)10(12(15)18-6-2)9-13-21(16,19-7-3)20-8-4/h9H,5-8H2,1-4H3,(H,13,16). The van der Waals surface area contributed by atoms with E-state index in [1.165, 1.54) is 0 Å². The van der Waals surface area contributed by atoms with Crippen LogP contribution in [0.25, 0.3) is 0 Å². The number of nitrogens with one attached hydrogen (secondary N) is 1. The van der Waals surface area contributed by atoms with Crippen molar-refractivity contribution in [1.82, 2.24) is 5.09 Å². The second kappa shape index (κ2) is 10.4. The summed E-state index contributed by atoms with van der Waals surface area (Å²) >= 11 is 0. The second-order valence-electron chi connectivity index (χ2n) is 3.46. The summed E-state index contributed by atoms with van der Waals surface area (Å²) in [5.41, 5.74) is -0.418. The van der Waals surface area contributed by atoms with E-state index in [4.69, 9.17) is 18.5 Å². The van der Waals surface area contributed by atoms with Crippen molar-refractivity contribution < 1.29 is 32.7 Å². The van der Waals surface area contributed by atoms with Gasteiger partial charge in [0, 0.05) is 6.20 Å². The molecule has 8 nitrogen and oxygen atoms in total. The van der Waals surface area contributed by atoms with Crippen LogP contribution in [0.1, 0.15) is 27.7 Å². The summed E-state index contributed by atoms with van der Waals surface area (Å²) < 4.78 is 31.6. The molecule has 0 amide bonds. The lowest BCUT2D eigenvalue weighted by Crippen LogP contribution is -2.21. The second-order valence-corrected chi connectivity index (χ2v) is 5.23. The Bertz CT molecular complexity index is 392. The molecule has 0 spiro atoms. The number of esters is 2. The maximum atomic E-state index is 12.2. The third kappa shape index (κ3) is 7.27. The summed E-state index contributed by atoms with van der Waals surface area (Å²) in [5, 5.41) is 2.32. The van der Waals surface area contributed by atoms with Gasteiger partial charge in [-0.05, 0) is 27.7 Å². The van der Waals surface area contributed by atoms with Crippen molar-refractivity contribution in [2.45, 2.75) is 27.7 Å². The molecule has 0 bridgehead atoms. The van der Waals surface area contributed by atoms with Gasteiger partial charge in [0.15, 0.2) is 5.57 Å². The number of rotatable bonds is 10. The van der Waals surface area contributed by atoms with Crippen LogP contribution < -0.4 is 5.09 Å². The van der Waals surface area contributed by atoms with E-state index >= 15 is 0 Å². The molecular weight excluding hydrogens is 301 g/mol. The molecule has 0 aromatic carbocycles.